The summed E-state index contributed by atoms with van der Waals surface area (Å²) in [4.78, 5) is 10.3. The van der Waals surface area contributed by atoms with E-state index in [1.807, 2.05) is 0 Å². The number of benzene rings is 2. The second-order valence-electron chi connectivity index (χ2n) is 4.45. The van der Waals surface area contributed by atoms with Crippen LogP contribution in [0.1, 0.15) is 18.5 Å². The molecular weight excluding hydrogens is 299 g/mol. The van der Waals surface area contributed by atoms with Crippen LogP contribution in [0.25, 0.3) is 0 Å². The molecule has 0 aliphatic carbocycles. The van der Waals surface area contributed by atoms with E-state index in [1.165, 1.54) is 6.07 Å². The summed E-state index contributed by atoms with van der Waals surface area (Å²) in [6, 6.07) is 7.59. The average molecular weight is 311 g/mol. The van der Waals surface area contributed by atoms with E-state index in [1.54, 1.807) is 19.1 Å². The molecule has 1 unspecified atom stereocenters. The molecule has 2 N–H and O–H groups in total. The summed E-state index contributed by atoms with van der Waals surface area (Å²) in [6.45, 7) is 1.80. The van der Waals surface area contributed by atoms with Gasteiger partial charge in [-0.2, -0.15) is 0 Å². The lowest BCUT2D eigenvalue weighted by Gasteiger charge is -2.11. The van der Waals surface area contributed by atoms with Gasteiger partial charge in [0.05, 0.1) is 9.95 Å². The molecule has 21 heavy (non-hydrogen) atoms. The molecule has 0 aliphatic heterocycles. The molecule has 0 fully saturated rings. The Bertz CT molecular complexity index is 692. The van der Waals surface area contributed by atoms with Gasteiger partial charge in [-0.05, 0) is 30.7 Å². The van der Waals surface area contributed by atoms with E-state index in [9.17, 15) is 14.5 Å². The number of nitrogens with two attached hydrogens (primary N) is 1. The zero-order valence-electron chi connectivity index (χ0n) is 11.0. The third kappa shape index (κ3) is 3.48. The molecule has 0 heterocycles. The first-order chi connectivity index (χ1) is 9.88. The SMILES string of the molecule is CC(N)c1ccc(Oc2cc(F)ccc2[N+](=O)[O-])c(Cl)c1. The number of nitro benzene ring substituents is 1. The van der Waals surface area contributed by atoms with Crippen LogP contribution in [0, 0.1) is 15.9 Å². The number of nitro groups is 1. The van der Waals surface area contributed by atoms with Gasteiger partial charge < -0.3 is 10.5 Å². The fourth-order valence-corrected chi connectivity index (χ4v) is 1.95. The smallest absolute Gasteiger partial charge is 0.311 e. The van der Waals surface area contributed by atoms with Crippen LogP contribution in [0.4, 0.5) is 10.1 Å². The van der Waals surface area contributed by atoms with Crippen molar-refractivity contribution in [2.75, 3.05) is 0 Å². The molecule has 110 valence electrons. The van der Waals surface area contributed by atoms with Gasteiger partial charge in [0.2, 0.25) is 5.75 Å². The normalized spacial score (nSPS) is 12.0. The Morgan fingerprint density at radius 1 is 1.29 bits per heavy atom. The van der Waals surface area contributed by atoms with Gasteiger partial charge in [0.25, 0.3) is 0 Å². The minimum absolute atomic E-state index is 0.190. The molecule has 0 aromatic heterocycles. The minimum Gasteiger partial charge on any atom is -0.448 e. The Morgan fingerprint density at radius 2 is 2.00 bits per heavy atom. The topological polar surface area (TPSA) is 78.4 Å². The summed E-state index contributed by atoms with van der Waals surface area (Å²) in [7, 11) is 0. The zero-order valence-corrected chi connectivity index (χ0v) is 11.8. The van der Waals surface area contributed by atoms with Crippen molar-refractivity contribution in [1.29, 1.82) is 0 Å². The molecule has 0 bridgehead atoms. The maximum absolute atomic E-state index is 13.2. The lowest BCUT2D eigenvalue weighted by Crippen LogP contribution is -2.04. The molecule has 5 nitrogen and oxygen atoms in total. The first-order valence-electron chi connectivity index (χ1n) is 6.05. The molecule has 0 amide bonds. The third-order valence-electron chi connectivity index (χ3n) is 2.82. The number of rotatable bonds is 4. The molecule has 1 atom stereocenters. The van der Waals surface area contributed by atoms with E-state index in [2.05, 4.69) is 0 Å². The summed E-state index contributed by atoms with van der Waals surface area (Å²) in [5.74, 6) is -0.663. The van der Waals surface area contributed by atoms with E-state index in [4.69, 9.17) is 22.1 Å². The van der Waals surface area contributed by atoms with Gasteiger partial charge in [0.15, 0.2) is 0 Å². The van der Waals surface area contributed by atoms with Crippen molar-refractivity contribution in [2.45, 2.75) is 13.0 Å². The fourth-order valence-electron chi connectivity index (χ4n) is 1.72. The van der Waals surface area contributed by atoms with E-state index in [-0.39, 0.29) is 28.3 Å². The van der Waals surface area contributed by atoms with Crippen molar-refractivity contribution in [3.05, 3.63) is 62.9 Å². The van der Waals surface area contributed by atoms with E-state index in [0.717, 1.165) is 23.8 Å². The third-order valence-corrected chi connectivity index (χ3v) is 3.12. The Kier molecular flexibility index (Phi) is 4.40. The highest BCUT2D eigenvalue weighted by atomic mass is 35.5. The van der Waals surface area contributed by atoms with Gasteiger partial charge in [-0.25, -0.2) is 4.39 Å². The monoisotopic (exact) mass is 310 g/mol. The second kappa shape index (κ2) is 6.07. The van der Waals surface area contributed by atoms with Crippen molar-refractivity contribution in [3.8, 4) is 11.5 Å². The van der Waals surface area contributed by atoms with Crippen molar-refractivity contribution >= 4 is 17.3 Å². The predicted molar refractivity (Wildman–Crippen MR) is 77.2 cm³/mol. The van der Waals surface area contributed by atoms with Crippen molar-refractivity contribution < 1.29 is 14.1 Å². The molecule has 0 radical (unpaired) electrons. The molecule has 2 rings (SSSR count). The Balaban J connectivity index is 2.38. The van der Waals surface area contributed by atoms with Crippen molar-refractivity contribution in [1.82, 2.24) is 0 Å². The van der Waals surface area contributed by atoms with Crippen molar-refractivity contribution in [3.63, 3.8) is 0 Å². The standard InChI is InChI=1S/C14H12ClFN2O3/c1-8(17)9-2-5-13(11(15)6-9)21-14-7-10(16)3-4-12(14)18(19)20/h2-8H,17H2,1H3. The molecule has 2 aromatic carbocycles. The largest absolute Gasteiger partial charge is 0.448 e. The lowest BCUT2D eigenvalue weighted by molar-refractivity contribution is -0.385. The molecule has 0 aliphatic rings. The summed E-state index contributed by atoms with van der Waals surface area (Å²) in [5, 5.41) is 11.1. The lowest BCUT2D eigenvalue weighted by atomic mass is 10.1. The summed E-state index contributed by atoms with van der Waals surface area (Å²) < 4.78 is 18.6. The summed E-state index contributed by atoms with van der Waals surface area (Å²) >= 11 is 6.05. The maximum Gasteiger partial charge on any atom is 0.311 e. The first-order valence-corrected chi connectivity index (χ1v) is 6.43. The van der Waals surface area contributed by atoms with Gasteiger partial charge in [0.1, 0.15) is 11.6 Å². The molecule has 0 saturated carbocycles. The summed E-state index contributed by atoms with van der Waals surface area (Å²) in [6.07, 6.45) is 0. The van der Waals surface area contributed by atoms with E-state index in [0.29, 0.717) is 0 Å². The van der Waals surface area contributed by atoms with Crippen molar-refractivity contribution in [2.24, 2.45) is 5.73 Å². The van der Waals surface area contributed by atoms with Crippen LogP contribution < -0.4 is 10.5 Å². The Hall–Kier alpha value is -2.18. The maximum atomic E-state index is 13.2. The molecule has 0 saturated heterocycles. The number of hydrogen-bond donors (Lipinski definition) is 1. The average Bonchev–Trinajstić information content (AvgIpc) is 2.40. The highest BCUT2D eigenvalue weighted by Gasteiger charge is 2.18. The number of ether oxygens (including phenoxy) is 1. The molecule has 7 heteroatoms. The number of halogens is 2. The van der Waals surface area contributed by atoms with Gasteiger partial charge in [0, 0.05) is 18.2 Å². The first kappa shape index (κ1) is 15.2. The second-order valence-corrected chi connectivity index (χ2v) is 4.86. The van der Waals surface area contributed by atoms with Crippen LogP contribution in [-0.2, 0) is 0 Å². The molecule has 2 aromatic rings. The highest BCUT2D eigenvalue weighted by Crippen LogP contribution is 2.36. The van der Waals surface area contributed by atoms with Crippen LogP contribution in [0.15, 0.2) is 36.4 Å². The van der Waals surface area contributed by atoms with Crippen LogP contribution in [0.5, 0.6) is 11.5 Å². The van der Waals surface area contributed by atoms with Crippen LogP contribution in [0.3, 0.4) is 0 Å². The van der Waals surface area contributed by atoms with Crippen LogP contribution in [-0.4, -0.2) is 4.92 Å². The zero-order chi connectivity index (χ0) is 15.6. The number of nitrogens with zero attached hydrogens (tertiary/aromatic N) is 1. The van der Waals surface area contributed by atoms with E-state index < -0.39 is 10.7 Å². The van der Waals surface area contributed by atoms with Gasteiger partial charge in [-0.3, -0.25) is 10.1 Å². The van der Waals surface area contributed by atoms with Crippen LogP contribution in [0.2, 0.25) is 5.02 Å². The minimum atomic E-state index is -0.654. The predicted octanol–water partition coefficient (Wildman–Crippen LogP) is 4.20. The fraction of sp³-hybridized carbons (Fsp3) is 0.143. The Labute approximate surface area is 125 Å². The number of hydrogen-bond acceptors (Lipinski definition) is 4. The quantitative estimate of drug-likeness (QED) is 0.678. The van der Waals surface area contributed by atoms with Gasteiger partial charge in [-0.15, -0.1) is 0 Å². The van der Waals surface area contributed by atoms with Gasteiger partial charge >= 0.3 is 5.69 Å². The summed E-state index contributed by atoms with van der Waals surface area (Å²) in [5.41, 5.74) is 6.18. The van der Waals surface area contributed by atoms with Crippen LogP contribution >= 0.6 is 11.6 Å². The van der Waals surface area contributed by atoms with E-state index >= 15 is 0 Å². The molecular formula is C14H12ClFN2O3. The Morgan fingerprint density at radius 3 is 2.57 bits per heavy atom. The highest BCUT2D eigenvalue weighted by molar-refractivity contribution is 6.32. The van der Waals surface area contributed by atoms with Gasteiger partial charge in [-0.1, -0.05) is 17.7 Å². The molecule has 0 spiro atoms.